The summed E-state index contributed by atoms with van der Waals surface area (Å²) in [5.41, 5.74) is 3.08. The number of sulfonamides is 1. The minimum absolute atomic E-state index is 0.338. The quantitative estimate of drug-likeness (QED) is 0.709. The first-order chi connectivity index (χ1) is 13.6. The van der Waals surface area contributed by atoms with Crippen molar-refractivity contribution in [2.75, 3.05) is 17.7 Å². The van der Waals surface area contributed by atoms with Crippen molar-refractivity contribution in [2.24, 2.45) is 0 Å². The smallest absolute Gasteiger partial charge is 0.244 e. The summed E-state index contributed by atoms with van der Waals surface area (Å²) in [4.78, 5) is 13.2. The number of nitrogens with zero attached hydrogens (tertiary/aromatic N) is 1. The Morgan fingerprint density at radius 3 is 2.41 bits per heavy atom. The van der Waals surface area contributed by atoms with Crippen LogP contribution in [0.25, 0.3) is 0 Å². The van der Waals surface area contributed by atoms with E-state index in [0.29, 0.717) is 17.9 Å². The van der Waals surface area contributed by atoms with Gasteiger partial charge in [0.2, 0.25) is 15.9 Å². The SMILES string of the molecule is CCC(C(=O)NC(C)c1ccccc1OC)N(c1cc(C)ccc1C)S(C)(=O)=O. The molecule has 2 unspecified atom stereocenters. The Balaban J connectivity index is 2.40. The topological polar surface area (TPSA) is 75.7 Å². The summed E-state index contributed by atoms with van der Waals surface area (Å²) in [5.74, 6) is 0.320. The highest BCUT2D eigenvalue weighted by Gasteiger charge is 2.33. The molecule has 1 N–H and O–H groups in total. The van der Waals surface area contributed by atoms with Gasteiger partial charge in [0.25, 0.3) is 0 Å². The van der Waals surface area contributed by atoms with E-state index in [4.69, 9.17) is 4.74 Å². The molecule has 0 bridgehead atoms. The Kier molecular flexibility index (Phi) is 7.30. The van der Waals surface area contributed by atoms with Gasteiger partial charge in [-0.15, -0.1) is 0 Å². The number of aryl methyl sites for hydroxylation is 2. The van der Waals surface area contributed by atoms with Crippen LogP contribution in [0.4, 0.5) is 5.69 Å². The molecule has 158 valence electrons. The van der Waals surface area contributed by atoms with Gasteiger partial charge >= 0.3 is 0 Å². The van der Waals surface area contributed by atoms with Crippen molar-refractivity contribution >= 4 is 21.6 Å². The average Bonchev–Trinajstić information content (AvgIpc) is 2.66. The van der Waals surface area contributed by atoms with Gasteiger partial charge in [-0.2, -0.15) is 0 Å². The normalized spacial score (nSPS) is 13.4. The molecule has 0 saturated carbocycles. The number of amides is 1. The number of carbonyl (C=O) groups is 1. The van der Waals surface area contributed by atoms with Crippen LogP contribution in [0.3, 0.4) is 0 Å². The highest BCUT2D eigenvalue weighted by atomic mass is 32.2. The highest BCUT2D eigenvalue weighted by molar-refractivity contribution is 7.92. The van der Waals surface area contributed by atoms with Crippen LogP contribution in [0, 0.1) is 13.8 Å². The fourth-order valence-corrected chi connectivity index (χ4v) is 4.66. The highest BCUT2D eigenvalue weighted by Crippen LogP contribution is 2.29. The second-order valence-electron chi connectivity index (χ2n) is 7.25. The van der Waals surface area contributed by atoms with Crippen LogP contribution < -0.4 is 14.4 Å². The van der Waals surface area contributed by atoms with E-state index in [1.165, 1.54) is 4.31 Å². The Morgan fingerprint density at radius 1 is 1.17 bits per heavy atom. The van der Waals surface area contributed by atoms with Crippen molar-refractivity contribution in [1.82, 2.24) is 5.32 Å². The summed E-state index contributed by atoms with van der Waals surface area (Å²) in [6, 6.07) is 11.8. The standard InChI is InChI=1S/C22H30N2O4S/c1-7-19(22(25)23-17(4)18-10-8-9-11-21(18)28-5)24(29(6,26)27)20-14-15(2)12-13-16(20)3/h8-14,17,19H,7H2,1-6H3,(H,23,25). The minimum Gasteiger partial charge on any atom is -0.496 e. The molecule has 0 saturated heterocycles. The average molecular weight is 419 g/mol. The number of methoxy groups -OCH3 is 1. The van der Waals surface area contributed by atoms with Crippen molar-refractivity contribution in [3.05, 3.63) is 59.2 Å². The number of ether oxygens (including phenoxy) is 1. The van der Waals surface area contributed by atoms with Gasteiger partial charge < -0.3 is 10.1 Å². The summed E-state index contributed by atoms with van der Waals surface area (Å²) < 4.78 is 32.0. The van der Waals surface area contributed by atoms with Crippen LogP contribution in [-0.2, 0) is 14.8 Å². The lowest BCUT2D eigenvalue weighted by Crippen LogP contribution is -2.50. The molecule has 0 spiro atoms. The lowest BCUT2D eigenvalue weighted by Gasteiger charge is -2.32. The third kappa shape index (κ3) is 5.29. The van der Waals surface area contributed by atoms with E-state index in [-0.39, 0.29) is 11.9 Å². The van der Waals surface area contributed by atoms with E-state index in [1.54, 1.807) is 20.1 Å². The summed E-state index contributed by atoms with van der Waals surface area (Å²) >= 11 is 0. The molecular weight excluding hydrogens is 388 g/mol. The first kappa shape index (κ1) is 22.7. The molecule has 0 aliphatic heterocycles. The number of carbonyl (C=O) groups excluding carboxylic acids is 1. The number of benzene rings is 2. The van der Waals surface area contributed by atoms with E-state index in [0.717, 1.165) is 22.9 Å². The van der Waals surface area contributed by atoms with Crippen LogP contribution in [-0.4, -0.2) is 33.7 Å². The van der Waals surface area contributed by atoms with E-state index in [9.17, 15) is 13.2 Å². The zero-order valence-corrected chi connectivity index (χ0v) is 18.7. The second kappa shape index (κ2) is 9.31. The predicted octanol–water partition coefficient (Wildman–Crippen LogP) is 3.73. The minimum atomic E-state index is -3.68. The predicted molar refractivity (Wildman–Crippen MR) is 117 cm³/mol. The fraction of sp³-hybridized carbons (Fsp3) is 0.409. The van der Waals surface area contributed by atoms with E-state index in [2.05, 4.69) is 5.32 Å². The molecule has 2 aromatic carbocycles. The number of hydrogen-bond acceptors (Lipinski definition) is 4. The van der Waals surface area contributed by atoms with Gasteiger partial charge in [0.15, 0.2) is 0 Å². The summed E-state index contributed by atoms with van der Waals surface area (Å²) in [7, 11) is -2.10. The zero-order valence-electron chi connectivity index (χ0n) is 17.9. The number of rotatable bonds is 8. The molecule has 2 rings (SSSR count). The van der Waals surface area contributed by atoms with Gasteiger partial charge in [-0.1, -0.05) is 37.3 Å². The third-order valence-corrected chi connectivity index (χ3v) is 6.06. The van der Waals surface area contributed by atoms with Crippen molar-refractivity contribution in [3.63, 3.8) is 0 Å². The molecule has 0 fully saturated rings. The van der Waals surface area contributed by atoms with Gasteiger partial charge in [-0.05, 0) is 50.5 Å². The fourth-order valence-electron chi connectivity index (χ4n) is 3.40. The number of nitrogens with one attached hydrogen (secondary N) is 1. The maximum absolute atomic E-state index is 13.2. The molecule has 0 aromatic heterocycles. The van der Waals surface area contributed by atoms with Crippen molar-refractivity contribution in [3.8, 4) is 5.75 Å². The van der Waals surface area contributed by atoms with Crippen molar-refractivity contribution in [1.29, 1.82) is 0 Å². The molecule has 0 heterocycles. The van der Waals surface area contributed by atoms with E-state index in [1.807, 2.05) is 57.2 Å². The molecule has 29 heavy (non-hydrogen) atoms. The number of hydrogen-bond donors (Lipinski definition) is 1. The van der Waals surface area contributed by atoms with Crippen molar-refractivity contribution in [2.45, 2.75) is 46.2 Å². The summed E-state index contributed by atoms with van der Waals surface area (Å²) in [5, 5.41) is 2.95. The first-order valence-electron chi connectivity index (χ1n) is 9.60. The third-order valence-electron chi connectivity index (χ3n) is 4.90. The maximum Gasteiger partial charge on any atom is 0.244 e. The molecule has 2 atom stereocenters. The van der Waals surface area contributed by atoms with Crippen LogP contribution in [0.5, 0.6) is 5.75 Å². The number of para-hydroxylation sites is 1. The van der Waals surface area contributed by atoms with Crippen LogP contribution >= 0.6 is 0 Å². The molecular formula is C22H30N2O4S. The molecule has 7 heteroatoms. The Morgan fingerprint density at radius 2 is 1.83 bits per heavy atom. The maximum atomic E-state index is 13.2. The first-order valence-corrected chi connectivity index (χ1v) is 11.4. The van der Waals surface area contributed by atoms with Gasteiger partial charge in [0, 0.05) is 5.56 Å². The van der Waals surface area contributed by atoms with Crippen molar-refractivity contribution < 1.29 is 17.9 Å². The van der Waals surface area contributed by atoms with Gasteiger partial charge in [-0.3, -0.25) is 9.10 Å². The van der Waals surface area contributed by atoms with Gasteiger partial charge in [-0.25, -0.2) is 8.42 Å². The molecule has 2 aromatic rings. The van der Waals surface area contributed by atoms with E-state index < -0.39 is 16.1 Å². The molecule has 1 amide bonds. The van der Waals surface area contributed by atoms with Gasteiger partial charge in [0.1, 0.15) is 11.8 Å². The zero-order chi connectivity index (χ0) is 21.8. The Hall–Kier alpha value is -2.54. The molecule has 0 aliphatic rings. The molecule has 0 radical (unpaired) electrons. The monoisotopic (exact) mass is 418 g/mol. The molecule has 6 nitrogen and oxygen atoms in total. The van der Waals surface area contributed by atoms with Crippen LogP contribution in [0.1, 0.15) is 43.0 Å². The Labute approximate surface area is 173 Å². The van der Waals surface area contributed by atoms with Gasteiger partial charge in [0.05, 0.1) is 25.1 Å². The summed E-state index contributed by atoms with van der Waals surface area (Å²) in [6.45, 7) is 7.40. The number of anilines is 1. The van der Waals surface area contributed by atoms with E-state index >= 15 is 0 Å². The lowest BCUT2D eigenvalue weighted by atomic mass is 10.1. The van der Waals surface area contributed by atoms with Crippen LogP contribution in [0.15, 0.2) is 42.5 Å². The lowest BCUT2D eigenvalue weighted by molar-refractivity contribution is -0.122. The largest absolute Gasteiger partial charge is 0.496 e. The van der Waals surface area contributed by atoms with Crippen LogP contribution in [0.2, 0.25) is 0 Å². The molecule has 0 aliphatic carbocycles. The Bertz CT molecular complexity index is 973. The summed E-state index contributed by atoms with van der Waals surface area (Å²) in [6.07, 6.45) is 1.47. The second-order valence-corrected chi connectivity index (χ2v) is 9.10.